The van der Waals surface area contributed by atoms with Gasteiger partial charge in [0.2, 0.25) is 0 Å². The predicted octanol–water partition coefficient (Wildman–Crippen LogP) is 1.13. The van der Waals surface area contributed by atoms with Gasteiger partial charge >= 0.3 is 0 Å². The second-order valence-electron chi connectivity index (χ2n) is 3.63. The summed E-state index contributed by atoms with van der Waals surface area (Å²) in [6.45, 7) is 1.21. The molecule has 66 valence electrons. The van der Waals surface area contributed by atoms with E-state index in [0.29, 0.717) is 6.61 Å². The summed E-state index contributed by atoms with van der Waals surface area (Å²) in [6, 6.07) is 0. The molecule has 0 aromatic heterocycles. The number of hydrogen-bond donors (Lipinski definition) is 2. The Bertz CT molecular complexity index is 97.7. The minimum Gasteiger partial charge on any atom is -0.396 e. The first kappa shape index (κ1) is 9.01. The smallest absolute Gasteiger partial charge is 0.0433 e. The van der Waals surface area contributed by atoms with Crippen LogP contribution >= 0.6 is 0 Å². The summed E-state index contributed by atoms with van der Waals surface area (Å²) in [7, 11) is 0. The summed E-state index contributed by atoms with van der Waals surface area (Å²) in [5.74, 6) is 1.55. The van der Waals surface area contributed by atoms with Gasteiger partial charge < -0.3 is 10.8 Å². The van der Waals surface area contributed by atoms with Crippen LogP contribution in [0, 0.1) is 11.8 Å². The molecule has 1 fully saturated rings. The van der Waals surface area contributed by atoms with Crippen LogP contribution in [0.5, 0.6) is 0 Å². The van der Waals surface area contributed by atoms with Crippen molar-refractivity contribution < 1.29 is 5.11 Å². The van der Waals surface area contributed by atoms with Gasteiger partial charge in [-0.2, -0.15) is 0 Å². The molecule has 11 heavy (non-hydrogen) atoms. The molecule has 0 amide bonds. The molecule has 0 aromatic rings. The standard InChI is InChI=1S/C9H19NO/c10-7-9-3-1-8(2-4-9)5-6-11/h8-9,11H,1-7,10H2. The molecular weight excluding hydrogens is 138 g/mol. The first-order valence-electron chi connectivity index (χ1n) is 4.67. The maximum Gasteiger partial charge on any atom is 0.0433 e. The molecule has 0 heterocycles. The zero-order chi connectivity index (χ0) is 8.10. The number of hydrogen-bond acceptors (Lipinski definition) is 2. The van der Waals surface area contributed by atoms with Crippen molar-refractivity contribution in [1.29, 1.82) is 0 Å². The fourth-order valence-electron chi connectivity index (χ4n) is 1.94. The normalized spacial score (nSPS) is 32.2. The Morgan fingerprint density at radius 2 is 1.64 bits per heavy atom. The minimum absolute atomic E-state index is 0.359. The van der Waals surface area contributed by atoms with Crippen LogP contribution in [0.1, 0.15) is 32.1 Å². The third kappa shape index (κ3) is 2.80. The van der Waals surface area contributed by atoms with Crippen LogP contribution in [0.2, 0.25) is 0 Å². The Morgan fingerprint density at radius 3 is 2.09 bits per heavy atom. The van der Waals surface area contributed by atoms with E-state index in [2.05, 4.69) is 0 Å². The van der Waals surface area contributed by atoms with E-state index in [-0.39, 0.29) is 0 Å². The zero-order valence-corrected chi connectivity index (χ0v) is 7.13. The van der Waals surface area contributed by atoms with E-state index in [4.69, 9.17) is 10.8 Å². The van der Waals surface area contributed by atoms with Crippen LogP contribution in [0.3, 0.4) is 0 Å². The van der Waals surface area contributed by atoms with E-state index in [1.807, 2.05) is 0 Å². The van der Waals surface area contributed by atoms with E-state index in [9.17, 15) is 0 Å². The predicted molar refractivity (Wildman–Crippen MR) is 46.2 cm³/mol. The molecule has 1 aliphatic carbocycles. The molecule has 2 heteroatoms. The van der Waals surface area contributed by atoms with E-state index in [1.165, 1.54) is 25.7 Å². The number of nitrogens with two attached hydrogens (primary N) is 1. The fourth-order valence-corrected chi connectivity index (χ4v) is 1.94. The van der Waals surface area contributed by atoms with Gasteiger partial charge in [0.1, 0.15) is 0 Å². The van der Waals surface area contributed by atoms with Crippen LogP contribution in [0.25, 0.3) is 0 Å². The van der Waals surface area contributed by atoms with Crippen LogP contribution in [-0.2, 0) is 0 Å². The Labute approximate surface area is 68.8 Å². The highest BCUT2D eigenvalue weighted by Crippen LogP contribution is 2.29. The Kier molecular flexibility index (Phi) is 3.87. The average Bonchev–Trinajstić information content (AvgIpc) is 2.07. The molecule has 1 aliphatic rings. The summed E-state index contributed by atoms with van der Waals surface area (Å²) < 4.78 is 0. The van der Waals surface area contributed by atoms with Crippen LogP contribution in [0.15, 0.2) is 0 Å². The first-order chi connectivity index (χ1) is 5.36. The lowest BCUT2D eigenvalue weighted by molar-refractivity contribution is 0.208. The fraction of sp³-hybridized carbons (Fsp3) is 1.00. The molecule has 0 unspecified atom stereocenters. The minimum atomic E-state index is 0.359. The number of aliphatic hydroxyl groups is 1. The molecular formula is C9H19NO. The molecule has 2 nitrogen and oxygen atoms in total. The van der Waals surface area contributed by atoms with E-state index in [0.717, 1.165) is 24.8 Å². The van der Waals surface area contributed by atoms with Crippen molar-refractivity contribution in [2.24, 2.45) is 17.6 Å². The lowest BCUT2D eigenvalue weighted by Gasteiger charge is -2.26. The van der Waals surface area contributed by atoms with Crippen molar-refractivity contribution in [3.63, 3.8) is 0 Å². The summed E-state index contributed by atoms with van der Waals surface area (Å²) >= 11 is 0. The monoisotopic (exact) mass is 157 g/mol. The summed E-state index contributed by atoms with van der Waals surface area (Å²) in [5, 5.41) is 8.72. The van der Waals surface area contributed by atoms with Crippen LogP contribution in [-0.4, -0.2) is 18.3 Å². The van der Waals surface area contributed by atoms with Crippen molar-refractivity contribution in [3.05, 3.63) is 0 Å². The molecule has 0 aromatic carbocycles. The van der Waals surface area contributed by atoms with Crippen molar-refractivity contribution in [2.75, 3.05) is 13.2 Å². The lowest BCUT2D eigenvalue weighted by Crippen LogP contribution is -2.21. The van der Waals surface area contributed by atoms with Crippen LogP contribution in [0.4, 0.5) is 0 Å². The van der Waals surface area contributed by atoms with Gasteiger partial charge in [0, 0.05) is 6.61 Å². The van der Waals surface area contributed by atoms with Gasteiger partial charge in [0.05, 0.1) is 0 Å². The zero-order valence-electron chi connectivity index (χ0n) is 7.13. The van der Waals surface area contributed by atoms with Crippen molar-refractivity contribution >= 4 is 0 Å². The number of rotatable bonds is 3. The maximum absolute atomic E-state index is 8.72. The van der Waals surface area contributed by atoms with Crippen molar-refractivity contribution in [3.8, 4) is 0 Å². The van der Waals surface area contributed by atoms with Gasteiger partial charge in [0.25, 0.3) is 0 Å². The number of aliphatic hydroxyl groups excluding tert-OH is 1. The highest BCUT2D eigenvalue weighted by molar-refractivity contribution is 4.72. The molecule has 0 atom stereocenters. The van der Waals surface area contributed by atoms with Crippen molar-refractivity contribution in [2.45, 2.75) is 32.1 Å². The third-order valence-corrected chi connectivity index (χ3v) is 2.84. The van der Waals surface area contributed by atoms with E-state index >= 15 is 0 Å². The molecule has 3 N–H and O–H groups in total. The average molecular weight is 157 g/mol. The highest BCUT2D eigenvalue weighted by atomic mass is 16.3. The molecule has 0 spiro atoms. The summed E-state index contributed by atoms with van der Waals surface area (Å²) in [4.78, 5) is 0. The third-order valence-electron chi connectivity index (χ3n) is 2.84. The molecule has 0 bridgehead atoms. The molecule has 0 aliphatic heterocycles. The highest BCUT2D eigenvalue weighted by Gasteiger charge is 2.19. The lowest BCUT2D eigenvalue weighted by atomic mass is 9.81. The topological polar surface area (TPSA) is 46.2 Å². The first-order valence-corrected chi connectivity index (χ1v) is 4.67. The van der Waals surface area contributed by atoms with E-state index < -0.39 is 0 Å². The SMILES string of the molecule is NCC1CCC(CCO)CC1. The largest absolute Gasteiger partial charge is 0.396 e. The second kappa shape index (κ2) is 4.73. The molecule has 1 rings (SSSR count). The van der Waals surface area contributed by atoms with Crippen molar-refractivity contribution in [1.82, 2.24) is 0 Å². The van der Waals surface area contributed by atoms with Gasteiger partial charge in [-0.05, 0) is 37.6 Å². The van der Waals surface area contributed by atoms with Crippen LogP contribution < -0.4 is 5.73 Å². The van der Waals surface area contributed by atoms with Gasteiger partial charge in [-0.3, -0.25) is 0 Å². The van der Waals surface area contributed by atoms with Gasteiger partial charge in [0.15, 0.2) is 0 Å². The van der Waals surface area contributed by atoms with Gasteiger partial charge in [-0.1, -0.05) is 12.8 Å². The molecule has 0 radical (unpaired) electrons. The maximum atomic E-state index is 8.72. The Balaban J connectivity index is 2.14. The summed E-state index contributed by atoms with van der Waals surface area (Å²) in [6.07, 6.45) is 6.12. The van der Waals surface area contributed by atoms with Gasteiger partial charge in [-0.25, -0.2) is 0 Å². The Hall–Kier alpha value is -0.0800. The summed E-state index contributed by atoms with van der Waals surface area (Å²) in [5.41, 5.74) is 5.57. The Morgan fingerprint density at radius 1 is 1.09 bits per heavy atom. The second-order valence-corrected chi connectivity index (χ2v) is 3.63. The molecule has 1 saturated carbocycles. The van der Waals surface area contributed by atoms with Gasteiger partial charge in [-0.15, -0.1) is 0 Å². The molecule has 0 saturated heterocycles. The van der Waals surface area contributed by atoms with E-state index in [1.54, 1.807) is 0 Å². The quantitative estimate of drug-likeness (QED) is 0.645.